The number of benzene rings is 1. The van der Waals surface area contributed by atoms with Crippen molar-refractivity contribution in [1.29, 1.82) is 0 Å². The summed E-state index contributed by atoms with van der Waals surface area (Å²) in [5, 5.41) is 13.2. The molecule has 4 aromatic rings. The van der Waals surface area contributed by atoms with Gasteiger partial charge in [0.05, 0.1) is 16.3 Å². The average Bonchev–Trinajstić information content (AvgIpc) is 3.37. The summed E-state index contributed by atoms with van der Waals surface area (Å²) < 4.78 is 7.78. The number of carbonyl (C=O) groups is 1. The molecule has 3 aromatic heterocycles. The first-order chi connectivity index (χ1) is 13.5. The lowest BCUT2D eigenvalue weighted by molar-refractivity contribution is -0.117. The van der Waals surface area contributed by atoms with Gasteiger partial charge in [0.2, 0.25) is 5.91 Å². The highest BCUT2D eigenvalue weighted by Crippen LogP contribution is 2.21. The third-order valence-corrected chi connectivity index (χ3v) is 4.87. The van der Waals surface area contributed by atoms with E-state index in [2.05, 4.69) is 15.5 Å². The molecule has 0 aliphatic heterocycles. The molecule has 0 aliphatic carbocycles. The highest BCUT2D eigenvalue weighted by atomic mass is 32.1. The Bertz CT molecular complexity index is 1170. The molecule has 0 aliphatic rings. The van der Waals surface area contributed by atoms with Gasteiger partial charge in [-0.3, -0.25) is 4.79 Å². The number of thiophene rings is 1. The summed E-state index contributed by atoms with van der Waals surface area (Å²) in [4.78, 5) is 25.2. The van der Waals surface area contributed by atoms with Crippen molar-refractivity contribution in [2.75, 3.05) is 5.32 Å². The molecule has 3 heterocycles. The quantitative estimate of drug-likeness (QED) is 0.560. The molecule has 1 aromatic carbocycles. The molecule has 9 heteroatoms. The van der Waals surface area contributed by atoms with Crippen LogP contribution in [0.4, 0.5) is 5.82 Å². The van der Waals surface area contributed by atoms with Crippen LogP contribution in [-0.2, 0) is 11.3 Å². The molecule has 8 nitrogen and oxygen atoms in total. The minimum absolute atomic E-state index is 0.202. The number of aryl methyl sites for hydroxylation is 2. The Morgan fingerprint density at radius 2 is 1.96 bits per heavy atom. The van der Waals surface area contributed by atoms with Crippen molar-refractivity contribution in [2.45, 2.75) is 20.4 Å². The second-order valence-corrected chi connectivity index (χ2v) is 7.22. The van der Waals surface area contributed by atoms with Crippen LogP contribution in [0.3, 0.4) is 0 Å². The van der Waals surface area contributed by atoms with E-state index in [1.54, 1.807) is 16.8 Å². The van der Waals surface area contributed by atoms with Gasteiger partial charge in [0.25, 0.3) is 5.89 Å². The van der Waals surface area contributed by atoms with Crippen LogP contribution in [0.5, 0.6) is 0 Å². The molecule has 0 fully saturated rings. The van der Waals surface area contributed by atoms with Crippen molar-refractivity contribution in [2.24, 2.45) is 0 Å². The van der Waals surface area contributed by atoms with Gasteiger partial charge in [-0.15, -0.1) is 16.4 Å². The third kappa shape index (κ3) is 3.65. The summed E-state index contributed by atoms with van der Waals surface area (Å²) in [5.74, 6) is -0.363. The van der Waals surface area contributed by atoms with E-state index < -0.39 is 11.7 Å². The van der Waals surface area contributed by atoms with E-state index in [-0.39, 0.29) is 12.4 Å². The molecule has 0 bridgehead atoms. The average molecular weight is 395 g/mol. The van der Waals surface area contributed by atoms with E-state index in [1.807, 2.05) is 49.6 Å². The Labute approximate surface area is 164 Å². The Balaban J connectivity index is 1.54. The molecule has 0 atom stereocenters. The Morgan fingerprint density at radius 1 is 1.18 bits per heavy atom. The van der Waals surface area contributed by atoms with Crippen molar-refractivity contribution in [1.82, 2.24) is 19.6 Å². The van der Waals surface area contributed by atoms with Crippen LogP contribution in [0.1, 0.15) is 11.3 Å². The van der Waals surface area contributed by atoms with Crippen molar-refractivity contribution in [3.8, 4) is 16.5 Å². The minimum atomic E-state index is -0.679. The number of anilines is 1. The summed E-state index contributed by atoms with van der Waals surface area (Å²) in [6.45, 7) is 3.59. The van der Waals surface area contributed by atoms with Crippen LogP contribution in [0, 0.1) is 13.8 Å². The van der Waals surface area contributed by atoms with Gasteiger partial charge in [0.15, 0.2) is 0 Å². The monoisotopic (exact) mass is 395 g/mol. The van der Waals surface area contributed by atoms with Gasteiger partial charge in [-0.1, -0.05) is 23.8 Å². The van der Waals surface area contributed by atoms with Crippen LogP contribution in [0.2, 0.25) is 0 Å². The van der Waals surface area contributed by atoms with E-state index in [0.29, 0.717) is 5.82 Å². The van der Waals surface area contributed by atoms with Gasteiger partial charge in [-0.05, 0) is 37.4 Å². The second-order valence-electron chi connectivity index (χ2n) is 6.27. The first kappa shape index (κ1) is 17.9. The zero-order valence-corrected chi connectivity index (χ0v) is 16.1. The second kappa shape index (κ2) is 7.28. The van der Waals surface area contributed by atoms with E-state index in [1.165, 1.54) is 11.3 Å². The minimum Gasteiger partial charge on any atom is -0.387 e. The molecule has 142 valence electrons. The fourth-order valence-electron chi connectivity index (χ4n) is 2.70. The predicted molar refractivity (Wildman–Crippen MR) is 106 cm³/mol. The maximum Gasteiger partial charge on any atom is 0.437 e. The molecule has 0 radical (unpaired) electrons. The lowest BCUT2D eigenvalue weighted by atomic mass is 10.2. The van der Waals surface area contributed by atoms with Gasteiger partial charge in [-0.2, -0.15) is 9.78 Å². The van der Waals surface area contributed by atoms with Gasteiger partial charge in [0, 0.05) is 6.07 Å². The number of amides is 1. The van der Waals surface area contributed by atoms with E-state index in [0.717, 1.165) is 26.5 Å². The summed E-state index contributed by atoms with van der Waals surface area (Å²) >= 11 is 1.40. The van der Waals surface area contributed by atoms with E-state index in [9.17, 15) is 9.59 Å². The summed E-state index contributed by atoms with van der Waals surface area (Å²) in [6.07, 6.45) is 0. The van der Waals surface area contributed by atoms with Crippen LogP contribution >= 0.6 is 11.3 Å². The molecular weight excluding hydrogens is 378 g/mol. The number of carbonyl (C=O) groups excluding carboxylic acids is 1. The summed E-state index contributed by atoms with van der Waals surface area (Å²) in [7, 11) is 0. The number of hydrogen-bond acceptors (Lipinski definition) is 6. The number of hydrogen-bond donors (Lipinski definition) is 1. The Hall–Kier alpha value is -3.46. The summed E-state index contributed by atoms with van der Waals surface area (Å²) in [5.41, 5.74) is 2.72. The smallest absolute Gasteiger partial charge is 0.387 e. The molecule has 0 spiro atoms. The normalized spacial score (nSPS) is 10.9. The number of rotatable bonds is 5. The molecular formula is C19H17N5O3S. The molecule has 4 rings (SSSR count). The summed E-state index contributed by atoms with van der Waals surface area (Å²) in [6, 6.07) is 13.2. The van der Waals surface area contributed by atoms with Crippen molar-refractivity contribution >= 4 is 23.1 Å². The van der Waals surface area contributed by atoms with Crippen molar-refractivity contribution < 1.29 is 9.21 Å². The number of nitrogens with one attached hydrogen (secondary N) is 1. The third-order valence-electron chi connectivity index (χ3n) is 4.01. The molecule has 0 unspecified atom stereocenters. The SMILES string of the molecule is Cc1ccc(-n2nc(C)cc2NC(=O)Cn2nc(-c3cccs3)oc2=O)cc1. The lowest BCUT2D eigenvalue weighted by Gasteiger charge is -2.09. The zero-order chi connectivity index (χ0) is 19.7. The maximum atomic E-state index is 12.5. The van der Waals surface area contributed by atoms with Crippen LogP contribution < -0.4 is 11.1 Å². The molecule has 0 saturated heterocycles. The fourth-order valence-corrected chi connectivity index (χ4v) is 3.34. The molecule has 28 heavy (non-hydrogen) atoms. The van der Waals surface area contributed by atoms with Gasteiger partial charge in [-0.25, -0.2) is 9.48 Å². The standard InChI is InChI=1S/C19H17N5O3S/c1-12-5-7-14(8-6-12)24-16(10-13(2)21-24)20-17(25)11-23-19(26)27-18(22-23)15-4-3-9-28-15/h3-10H,11H2,1-2H3,(H,20,25). The van der Waals surface area contributed by atoms with Crippen molar-refractivity contribution in [3.63, 3.8) is 0 Å². The van der Waals surface area contributed by atoms with Gasteiger partial charge >= 0.3 is 5.76 Å². The Kier molecular flexibility index (Phi) is 4.66. The molecule has 1 amide bonds. The van der Waals surface area contributed by atoms with Crippen molar-refractivity contribution in [3.05, 3.63) is 69.7 Å². The van der Waals surface area contributed by atoms with Crippen LogP contribution in [0.15, 0.2) is 57.1 Å². The highest BCUT2D eigenvalue weighted by molar-refractivity contribution is 7.13. The topological polar surface area (TPSA) is 95.0 Å². The number of aromatic nitrogens is 4. The van der Waals surface area contributed by atoms with E-state index >= 15 is 0 Å². The van der Waals surface area contributed by atoms with Gasteiger partial charge in [0.1, 0.15) is 12.4 Å². The highest BCUT2D eigenvalue weighted by Gasteiger charge is 2.16. The lowest BCUT2D eigenvalue weighted by Crippen LogP contribution is -2.26. The molecule has 1 N–H and O–H groups in total. The largest absolute Gasteiger partial charge is 0.437 e. The first-order valence-corrected chi connectivity index (χ1v) is 9.43. The van der Waals surface area contributed by atoms with E-state index in [4.69, 9.17) is 4.42 Å². The predicted octanol–water partition coefficient (Wildman–Crippen LogP) is 3.01. The Morgan fingerprint density at radius 3 is 2.68 bits per heavy atom. The van der Waals surface area contributed by atoms with Crippen LogP contribution in [-0.4, -0.2) is 25.5 Å². The van der Waals surface area contributed by atoms with Crippen LogP contribution in [0.25, 0.3) is 16.5 Å². The number of nitrogens with zero attached hydrogens (tertiary/aromatic N) is 4. The maximum absolute atomic E-state index is 12.5. The molecule has 0 saturated carbocycles. The fraction of sp³-hybridized carbons (Fsp3) is 0.158. The zero-order valence-electron chi connectivity index (χ0n) is 15.2. The van der Waals surface area contributed by atoms with Gasteiger partial charge < -0.3 is 9.73 Å². The first-order valence-electron chi connectivity index (χ1n) is 8.55.